The fourth-order valence-corrected chi connectivity index (χ4v) is 1.71. The number of hydrogen-bond acceptors (Lipinski definition) is 3. The Bertz CT molecular complexity index is 326. The van der Waals surface area contributed by atoms with Crippen LogP contribution in [0.2, 0.25) is 0 Å². The van der Waals surface area contributed by atoms with E-state index in [2.05, 4.69) is 6.92 Å². The molecule has 1 fully saturated rings. The van der Waals surface area contributed by atoms with E-state index in [-0.39, 0.29) is 5.41 Å². The Hall–Kier alpha value is -1.19. The predicted octanol–water partition coefficient (Wildman–Crippen LogP) is 1.52. The van der Waals surface area contributed by atoms with Gasteiger partial charge in [-0.25, -0.2) is 0 Å². The van der Waals surface area contributed by atoms with Gasteiger partial charge in [0.2, 0.25) is 6.29 Å². The van der Waals surface area contributed by atoms with Crippen molar-refractivity contribution in [3.63, 3.8) is 0 Å². The average molecular weight is 206 g/mol. The van der Waals surface area contributed by atoms with Crippen LogP contribution in [-0.2, 0) is 19.7 Å². The second-order valence-electron chi connectivity index (χ2n) is 4.05. The topological polar surface area (TPSA) is 35.5 Å². The zero-order valence-electron chi connectivity index (χ0n) is 8.68. The van der Waals surface area contributed by atoms with Crippen molar-refractivity contribution in [3.8, 4) is 0 Å². The molecule has 3 heteroatoms. The molecule has 80 valence electrons. The van der Waals surface area contributed by atoms with Crippen LogP contribution in [0.5, 0.6) is 0 Å². The molecule has 2 rings (SSSR count). The summed E-state index contributed by atoms with van der Waals surface area (Å²) in [7, 11) is 0. The first-order valence-corrected chi connectivity index (χ1v) is 4.99. The second-order valence-corrected chi connectivity index (χ2v) is 4.05. The largest absolute Gasteiger partial charge is 0.345 e. The lowest BCUT2D eigenvalue weighted by Gasteiger charge is -2.36. The van der Waals surface area contributed by atoms with Crippen molar-refractivity contribution >= 4 is 6.29 Å². The summed E-state index contributed by atoms with van der Waals surface area (Å²) in [6, 6.07) is 10.1. The normalized spacial score (nSPS) is 31.1. The molecule has 0 bridgehead atoms. The summed E-state index contributed by atoms with van der Waals surface area (Å²) in [4.78, 5) is 10.5. The van der Waals surface area contributed by atoms with Crippen LogP contribution in [0.25, 0.3) is 0 Å². The van der Waals surface area contributed by atoms with Crippen molar-refractivity contribution in [1.82, 2.24) is 0 Å². The highest BCUT2D eigenvalue weighted by atomic mass is 16.7. The minimum atomic E-state index is -0.693. The summed E-state index contributed by atoms with van der Waals surface area (Å²) in [5.41, 5.74) is 1.02. The van der Waals surface area contributed by atoms with Crippen LogP contribution in [0, 0.1) is 0 Å². The fourth-order valence-electron chi connectivity index (χ4n) is 1.71. The molecular formula is C12H14O3. The van der Waals surface area contributed by atoms with Gasteiger partial charge in [0, 0.05) is 5.41 Å². The molecule has 0 aliphatic carbocycles. The Balaban J connectivity index is 2.13. The van der Waals surface area contributed by atoms with Gasteiger partial charge >= 0.3 is 0 Å². The van der Waals surface area contributed by atoms with Gasteiger partial charge in [0.05, 0.1) is 13.2 Å². The molecule has 0 unspecified atom stereocenters. The molecule has 0 N–H and O–H groups in total. The lowest BCUT2D eigenvalue weighted by Crippen LogP contribution is -2.43. The molecule has 15 heavy (non-hydrogen) atoms. The van der Waals surface area contributed by atoms with Gasteiger partial charge in [-0.1, -0.05) is 37.3 Å². The molecule has 0 radical (unpaired) electrons. The SMILES string of the molecule is CC1(c2ccccc2)COC(C=O)OC1. The number of benzene rings is 1. The summed E-state index contributed by atoms with van der Waals surface area (Å²) < 4.78 is 10.6. The highest BCUT2D eigenvalue weighted by molar-refractivity contribution is 5.54. The Kier molecular flexibility index (Phi) is 2.84. The monoisotopic (exact) mass is 206 g/mol. The third-order valence-electron chi connectivity index (χ3n) is 2.71. The van der Waals surface area contributed by atoms with Crippen molar-refractivity contribution in [2.24, 2.45) is 0 Å². The summed E-state index contributed by atoms with van der Waals surface area (Å²) in [5, 5.41) is 0. The van der Waals surface area contributed by atoms with Crippen molar-refractivity contribution in [2.45, 2.75) is 18.6 Å². The van der Waals surface area contributed by atoms with Crippen molar-refractivity contribution in [3.05, 3.63) is 35.9 Å². The maximum Gasteiger partial charge on any atom is 0.214 e. The Morgan fingerprint density at radius 1 is 1.27 bits per heavy atom. The minimum Gasteiger partial charge on any atom is -0.345 e. The molecule has 3 nitrogen and oxygen atoms in total. The van der Waals surface area contributed by atoms with Crippen molar-refractivity contribution in [2.75, 3.05) is 13.2 Å². The molecule has 0 amide bonds. The van der Waals surface area contributed by atoms with E-state index in [1.165, 1.54) is 5.56 Å². The quantitative estimate of drug-likeness (QED) is 0.688. The number of hydrogen-bond donors (Lipinski definition) is 0. The van der Waals surface area contributed by atoms with E-state index in [0.717, 1.165) is 0 Å². The standard InChI is InChI=1S/C12H14O3/c1-12(10-5-3-2-4-6-10)8-14-11(7-13)15-9-12/h2-7,11H,8-9H2,1H3. The van der Waals surface area contributed by atoms with Crippen molar-refractivity contribution < 1.29 is 14.3 Å². The smallest absolute Gasteiger partial charge is 0.214 e. The van der Waals surface area contributed by atoms with Gasteiger partial charge in [-0.2, -0.15) is 0 Å². The lowest BCUT2D eigenvalue weighted by molar-refractivity contribution is -0.197. The van der Waals surface area contributed by atoms with Crippen LogP contribution in [-0.4, -0.2) is 25.8 Å². The fraction of sp³-hybridized carbons (Fsp3) is 0.417. The van der Waals surface area contributed by atoms with E-state index in [0.29, 0.717) is 19.5 Å². The van der Waals surface area contributed by atoms with Crippen LogP contribution in [0.4, 0.5) is 0 Å². The first kappa shape index (κ1) is 10.3. The molecular weight excluding hydrogens is 192 g/mol. The molecule has 0 aromatic heterocycles. The number of carbonyl (C=O) groups is 1. The van der Waals surface area contributed by atoms with Gasteiger partial charge in [-0.05, 0) is 5.56 Å². The number of ether oxygens (including phenoxy) is 2. The van der Waals surface area contributed by atoms with E-state index in [1.54, 1.807) is 0 Å². The van der Waals surface area contributed by atoms with Gasteiger partial charge in [0.25, 0.3) is 0 Å². The molecule has 0 saturated carbocycles. The highest BCUT2D eigenvalue weighted by Crippen LogP contribution is 2.28. The maximum atomic E-state index is 10.5. The molecule has 1 aromatic carbocycles. The van der Waals surface area contributed by atoms with E-state index in [9.17, 15) is 4.79 Å². The highest BCUT2D eigenvalue weighted by Gasteiger charge is 2.33. The molecule has 1 aliphatic rings. The first-order valence-electron chi connectivity index (χ1n) is 4.99. The van der Waals surface area contributed by atoms with Crippen LogP contribution >= 0.6 is 0 Å². The van der Waals surface area contributed by atoms with Gasteiger partial charge in [0.15, 0.2) is 6.29 Å². The van der Waals surface area contributed by atoms with Crippen LogP contribution < -0.4 is 0 Å². The molecule has 0 atom stereocenters. The molecule has 1 saturated heterocycles. The molecule has 0 spiro atoms. The van der Waals surface area contributed by atoms with Crippen molar-refractivity contribution in [1.29, 1.82) is 0 Å². The average Bonchev–Trinajstić information content (AvgIpc) is 2.31. The molecule has 1 heterocycles. The van der Waals surface area contributed by atoms with E-state index >= 15 is 0 Å². The van der Waals surface area contributed by atoms with Gasteiger partial charge in [-0.15, -0.1) is 0 Å². The summed E-state index contributed by atoms with van der Waals surface area (Å²) >= 11 is 0. The van der Waals surface area contributed by atoms with E-state index in [4.69, 9.17) is 9.47 Å². The van der Waals surface area contributed by atoms with Crippen LogP contribution in [0.1, 0.15) is 12.5 Å². The summed E-state index contributed by atoms with van der Waals surface area (Å²) in [6.45, 7) is 3.10. The van der Waals surface area contributed by atoms with Crippen LogP contribution in [0.3, 0.4) is 0 Å². The second kappa shape index (κ2) is 4.13. The lowest BCUT2D eigenvalue weighted by atomic mass is 9.84. The third kappa shape index (κ3) is 2.08. The van der Waals surface area contributed by atoms with Gasteiger partial charge < -0.3 is 9.47 Å². The van der Waals surface area contributed by atoms with E-state index in [1.807, 2.05) is 30.3 Å². The van der Waals surface area contributed by atoms with E-state index < -0.39 is 6.29 Å². The molecule has 1 aliphatic heterocycles. The third-order valence-corrected chi connectivity index (χ3v) is 2.71. The molecule has 1 aromatic rings. The van der Waals surface area contributed by atoms with Gasteiger partial charge in [0.1, 0.15) is 0 Å². The maximum absolute atomic E-state index is 10.5. The Morgan fingerprint density at radius 2 is 1.87 bits per heavy atom. The zero-order valence-corrected chi connectivity index (χ0v) is 8.68. The Labute approximate surface area is 89.0 Å². The summed E-state index contributed by atoms with van der Waals surface area (Å²) in [6.07, 6.45) is -0.00770. The number of aldehydes is 1. The Morgan fingerprint density at radius 3 is 2.40 bits per heavy atom. The first-order chi connectivity index (χ1) is 7.24. The summed E-state index contributed by atoms with van der Waals surface area (Å²) in [5.74, 6) is 0. The predicted molar refractivity (Wildman–Crippen MR) is 55.6 cm³/mol. The van der Waals surface area contributed by atoms with Gasteiger partial charge in [-0.3, -0.25) is 4.79 Å². The number of rotatable bonds is 2. The van der Waals surface area contributed by atoms with Crippen LogP contribution in [0.15, 0.2) is 30.3 Å². The minimum absolute atomic E-state index is 0.152. The zero-order chi connectivity index (χ0) is 10.7. The number of carbonyl (C=O) groups excluding carboxylic acids is 1.